The molecule has 112 valence electrons. The number of nitrogens with one attached hydrogen (secondary N) is 1. The van der Waals surface area contributed by atoms with Crippen LogP contribution in [0.1, 0.15) is 37.7 Å². The van der Waals surface area contributed by atoms with E-state index < -0.39 is 0 Å². The SMILES string of the molecule is CCCNC(=O)c1csc(-c2ccc(OC(C)C)cc2)n1. The zero-order chi connectivity index (χ0) is 15.2. The number of amides is 1. The molecule has 0 saturated carbocycles. The van der Waals surface area contributed by atoms with Gasteiger partial charge in [0.25, 0.3) is 5.91 Å². The molecule has 2 aromatic rings. The maximum atomic E-state index is 11.8. The lowest BCUT2D eigenvalue weighted by atomic mass is 10.2. The van der Waals surface area contributed by atoms with Crippen molar-refractivity contribution in [1.82, 2.24) is 10.3 Å². The lowest BCUT2D eigenvalue weighted by Gasteiger charge is -2.09. The number of rotatable bonds is 6. The topological polar surface area (TPSA) is 51.2 Å². The van der Waals surface area contributed by atoms with Gasteiger partial charge in [0.1, 0.15) is 16.5 Å². The van der Waals surface area contributed by atoms with Crippen molar-refractivity contribution in [2.45, 2.75) is 33.3 Å². The van der Waals surface area contributed by atoms with Gasteiger partial charge in [0, 0.05) is 17.5 Å². The van der Waals surface area contributed by atoms with E-state index in [9.17, 15) is 4.79 Å². The van der Waals surface area contributed by atoms with Crippen molar-refractivity contribution >= 4 is 17.2 Å². The third-order valence-corrected chi connectivity index (χ3v) is 3.64. The Kier molecular flexibility index (Phi) is 5.33. The summed E-state index contributed by atoms with van der Waals surface area (Å²) in [5, 5.41) is 5.46. The van der Waals surface area contributed by atoms with E-state index in [4.69, 9.17) is 4.74 Å². The number of hydrogen-bond acceptors (Lipinski definition) is 4. The molecule has 0 unspecified atom stereocenters. The average molecular weight is 304 g/mol. The van der Waals surface area contributed by atoms with Gasteiger partial charge < -0.3 is 10.1 Å². The van der Waals surface area contributed by atoms with Crippen molar-refractivity contribution in [3.8, 4) is 16.3 Å². The first-order valence-electron chi connectivity index (χ1n) is 7.11. The van der Waals surface area contributed by atoms with Gasteiger partial charge in [-0.1, -0.05) is 6.92 Å². The Labute approximate surface area is 129 Å². The zero-order valence-corrected chi connectivity index (χ0v) is 13.4. The number of hydrogen-bond donors (Lipinski definition) is 1. The molecular formula is C16H20N2O2S. The first-order valence-corrected chi connectivity index (χ1v) is 7.99. The Hall–Kier alpha value is -1.88. The second-order valence-electron chi connectivity index (χ2n) is 4.98. The fourth-order valence-corrected chi connectivity index (χ4v) is 2.59. The van der Waals surface area contributed by atoms with E-state index in [1.807, 2.05) is 45.0 Å². The highest BCUT2D eigenvalue weighted by atomic mass is 32.1. The molecule has 1 amide bonds. The first-order chi connectivity index (χ1) is 10.1. The fourth-order valence-electron chi connectivity index (χ4n) is 1.79. The van der Waals surface area contributed by atoms with Crippen LogP contribution in [-0.2, 0) is 0 Å². The molecule has 4 nitrogen and oxygen atoms in total. The molecule has 0 radical (unpaired) electrons. The molecule has 5 heteroatoms. The summed E-state index contributed by atoms with van der Waals surface area (Å²) in [7, 11) is 0. The highest BCUT2D eigenvalue weighted by Crippen LogP contribution is 2.26. The van der Waals surface area contributed by atoms with Gasteiger partial charge in [-0.3, -0.25) is 4.79 Å². The quantitative estimate of drug-likeness (QED) is 0.884. The molecule has 0 atom stereocenters. The van der Waals surface area contributed by atoms with Crippen LogP contribution < -0.4 is 10.1 Å². The molecule has 0 spiro atoms. The minimum atomic E-state index is -0.112. The van der Waals surface area contributed by atoms with E-state index in [1.54, 1.807) is 5.38 Å². The summed E-state index contributed by atoms with van der Waals surface area (Å²) in [4.78, 5) is 16.2. The predicted molar refractivity (Wildman–Crippen MR) is 85.9 cm³/mol. The lowest BCUT2D eigenvalue weighted by molar-refractivity contribution is 0.0949. The monoisotopic (exact) mass is 304 g/mol. The average Bonchev–Trinajstić information content (AvgIpc) is 2.95. The summed E-state index contributed by atoms with van der Waals surface area (Å²) >= 11 is 1.47. The Morgan fingerprint density at radius 1 is 1.33 bits per heavy atom. The van der Waals surface area contributed by atoms with Crippen LogP contribution in [0.25, 0.3) is 10.6 Å². The minimum Gasteiger partial charge on any atom is -0.491 e. The van der Waals surface area contributed by atoms with Gasteiger partial charge in [0.05, 0.1) is 6.10 Å². The molecule has 1 N–H and O–H groups in total. The van der Waals surface area contributed by atoms with Gasteiger partial charge in [0.2, 0.25) is 0 Å². The summed E-state index contributed by atoms with van der Waals surface area (Å²) < 4.78 is 5.61. The smallest absolute Gasteiger partial charge is 0.270 e. The van der Waals surface area contributed by atoms with Crippen LogP contribution in [0.5, 0.6) is 5.75 Å². The number of thiazole rings is 1. The molecular weight excluding hydrogens is 284 g/mol. The zero-order valence-electron chi connectivity index (χ0n) is 12.6. The van der Waals surface area contributed by atoms with E-state index in [0.29, 0.717) is 12.2 Å². The van der Waals surface area contributed by atoms with Crippen molar-refractivity contribution in [2.24, 2.45) is 0 Å². The number of carbonyl (C=O) groups is 1. The maximum absolute atomic E-state index is 11.8. The van der Waals surface area contributed by atoms with Crippen LogP contribution in [0.3, 0.4) is 0 Å². The van der Waals surface area contributed by atoms with E-state index in [2.05, 4.69) is 10.3 Å². The van der Waals surface area contributed by atoms with Crippen LogP contribution in [0.2, 0.25) is 0 Å². The molecule has 0 aliphatic rings. The summed E-state index contributed by atoms with van der Waals surface area (Å²) in [5.74, 6) is 0.727. The molecule has 0 bridgehead atoms. The van der Waals surface area contributed by atoms with Gasteiger partial charge in [-0.05, 0) is 44.5 Å². The Morgan fingerprint density at radius 2 is 2.05 bits per heavy atom. The normalized spacial score (nSPS) is 10.7. The molecule has 0 saturated heterocycles. The van der Waals surface area contributed by atoms with Crippen LogP contribution >= 0.6 is 11.3 Å². The number of nitrogens with zero attached hydrogens (tertiary/aromatic N) is 1. The molecule has 21 heavy (non-hydrogen) atoms. The maximum Gasteiger partial charge on any atom is 0.270 e. The van der Waals surface area contributed by atoms with Crippen molar-refractivity contribution in [1.29, 1.82) is 0 Å². The van der Waals surface area contributed by atoms with E-state index in [-0.39, 0.29) is 12.0 Å². The number of carbonyl (C=O) groups excluding carboxylic acids is 1. The Balaban J connectivity index is 2.08. The van der Waals surface area contributed by atoms with Gasteiger partial charge in [0.15, 0.2) is 0 Å². The standard InChI is InChI=1S/C16H20N2O2S/c1-4-9-17-15(19)14-10-21-16(18-14)12-5-7-13(8-6-12)20-11(2)3/h5-8,10-11H,4,9H2,1-3H3,(H,17,19). The van der Waals surface area contributed by atoms with Crippen LogP contribution in [0.15, 0.2) is 29.6 Å². The summed E-state index contributed by atoms with van der Waals surface area (Å²) in [6, 6.07) is 7.77. The van der Waals surface area contributed by atoms with Crippen molar-refractivity contribution in [3.05, 3.63) is 35.3 Å². The summed E-state index contributed by atoms with van der Waals surface area (Å²) in [6.07, 6.45) is 1.07. The van der Waals surface area contributed by atoms with Crippen LogP contribution in [-0.4, -0.2) is 23.5 Å². The highest BCUT2D eigenvalue weighted by Gasteiger charge is 2.11. The second-order valence-corrected chi connectivity index (χ2v) is 5.84. The number of ether oxygens (including phenoxy) is 1. The molecule has 0 fully saturated rings. The largest absolute Gasteiger partial charge is 0.491 e. The Bertz CT molecular complexity index is 591. The van der Waals surface area contributed by atoms with Crippen molar-refractivity contribution in [2.75, 3.05) is 6.54 Å². The second kappa shape index (κ2) is 7.22. The van der Waals surface area contributed by atoms with Crippen molar-refractivity contribution in [3.63, 3.8) is 0 Å². The lowest BCUT2D eigenvalue weighted by Crippen LogP contribution is -2.24. The molecule has 1 aromatic carbocycles. The summed E-state index contributed by atoms with van der Waals surface area (Å²) in [6.45, 7) is 6.69. The third kappa shape index (κ3) is 4.29. The minimum absolute atomic E-state index is 0.112. The molecule has 2 rings (SSSR count). The third-order valence-electron chi connectivity index (χ3n) is 2.75. The molecule has 0 aliphatic heterocycles. The van der Waals surface area contributed by atoms with Gasteiger partial charge in [-0.15, -0.1) is 11.3 Å². The predicted octanol–water partition coefficient (Wildman–Crippen LogP) is 3.74. The van der Waals surface area contributed by atoms with E-state index in [0.717, 1.165) is 22.7 Å². The van der Waals surface area contributed by atoms with Gasteiger partial charge in [-0.25, -0.2) is 4.98 Å². The molecule has 1 aromatic heterocycles. The number of aromatic nitrogens is 1. The van der Waals surface area contributed by atoms with Crippen molar-refractivity contribution < 1.29 is 9.53 Å². The fraction of sp³-hybridized carbons (Fsp3) is 0.375. The van der Waals surface area contributed by atoms with E-state index in [1.165, 1.54) is 11.3 Å². The highest BCUT2D eigenvalue weighted by molar-refractivity contribution is 7.13. The van der Waals surface area contributed by atoms with Crippen LogP contribution in [0.4, 0.5) is 0 Å². The van der Waals surface area contributed by atoms with E-state index >= 15 is 0 Å². The Morgan fingerprint density at radius 3 is 2.67 bits per heavy atom. The molecule has 0 aliphatic carbocycles. The summed E-state index contributed by atoms with van der Waals surface area (Å²) in [5.41, 5.74) is 1.47. The number of benzene rings is 1. The first kappa shape index (κ1) is 15.5. The van der Waals surface area contributed by atoms with Gasteiger partial charge >= 0.3 is 0 Å². The molecule has 1 heterocycles. The van der Waals surface area contributed by atoms with Crippen LogP contribution in [0, 0.1) is 0 Å². The van der Waals surface area contributed by atoms with Gasteiger partial charge in [-0.2, -0.15) is 0 Å².